The first kappa shape index (κ1) is 15.0. The van der Waals surface area contributed by atoms with Crippen LogP contribution in [0.15, 0.2) is 24.3 Å². The number of carbonyl (C=O) groups is 2. The van der Waals surface area contributed by atoms with Crippen LogP contribution in [0.2, 0.25) is 0 Å². The van der Waals surface area contributed by atoms with Crippen molar-refractivity contribution in [2.24, 2.45) is 5.92 Å². The van der Waals surface area contributed by atoms with E-state index >= 15 is 0 Å². The number of nitrogens with zero attached hydrogens (tertiary/aromatic N) is 1. The Morgan fingerprint density at radius 3 is 2.55 bits per heavy atom. The summed E-state index contributed by atoms with van der Waals surface area (Å²) in [5.41, 5.74) is 0.747. The van der Waals surface area contributed by atoms with Crippen LogP contribution in [0.4, 0.5) is 4.39 Å². The number of amides is 1. The lowest BCUT2D eigenvalue weighted by Gasteiger charge is -2.20. The molecule has 6 heteroatoms. The van der Waals surface area contributed by atoms with E-state index in [1.807, 2.05) is 0 Å². The fourth-order valence-electron chi connectivity index (χ4n) is 3.26. The van der Waals surface area contributed by atoms with E-state index in [4.69, 9.17) is 4.74 Å². The number of rotatable bonds is 3. The Hall–Kier alpha value is -1.95. The Morgan fingerprint density at radius 1 is 1.23 bits per heavy atom. The van der Waals surface area contributed by atoms with Crippen LogP contribution in [0.25, 0.3) is 0 Å². The maximum atomic E-state index is 13.0. The summed E-state index contributed by atoms with van der Waals surface area (Å²) in [5, 5.41) is 9.42. The minimum Gasteiger partial charge on any atom is -0.481 e. The van der Waals surface area contributed by atoms with Gasteiger partial charge in [-0.2, -0.15) is 0 Å². The van der Waals surface area contributed by atoms with E-state index in [0.717, 1.165) is 12.0 Å². The van der Waals surface area contributed by atoms with Gasteiger partial charge in [-0.3, -0.25) is 9.59 Å². The van der Waals surface area contributed by atoms with Gasteiger partial charge in [0.25, 0.3) is 5.91 Å². The zero-order valence-electron chi connectivity index (χ0n) is 12.1. The molecule has 3 atom stereocenters. The molecule has 2 heterocycles. The quantitative estimate of drug-likeness (QED) is 0.921. The van der Waals surface area contributed by atoms with Crippen molar-refractivity contribution in [2.75, 3.05) is 19.7 Å². The first-order chi connectivity index (χ1) is 10.6. The fraction of sp³-hybridized carbons (Fsp3) is 0.500. The number of benzene rings is 1. The molecule has 0 saturated carbocycles. The molecule has 0 aromatic heterocycles. The van der Waals surface area contributed by atoms with Crippen molar-refractivity contribution in [3.63, 3.8) is 0 Å². The summed E-state index contributed by atoms with van der Waals surface area (Å²) in [4.78, 5) is 25.5. The molecular formula is C16H18FNO4. The van der Waals surface area contributed by atoms with Crippen molar-refractivity contribution in [3.8, 4) is 0 Å². The molecule has 2 aliphatic rings. The third kappa shape index (κ3) is 2.83. The SMILES string of the molecule is O=C(O)[C@H]1CN(C(=O)[C@H]2CCCO2)C[C@@H]1c1ccc(F)cc1. The lowest BCUT2D eigenvalue weighted by atomic mass is 9.89. The van der Waals surface area contributed by atoms with E-state index in [0.29, 0.717) is 19.6 Å². The van der Waals surface area contributed by atoms with E-state index in [2.05, 4.69) is 0 Å². The zero-order chi connectivity index (χ0) is 15.7. The summed E-state index contributed by atoms with van der Waals surface area (Å²) < 4.78 is 18.4. The van der Waals surface area contributed by atoms with Crippen LogP contribution in [-0.2, 0) is 14.3 Å². The highest BCUT2D eigenvalue weighted by Crippen LogP contribution is 2.34. The highest BCUT2D eigenvalue weighted by atomic mass is 19.1. The van der Waals surface area contributed by atoms with Gasteiger partial charge in [0.1, 0.15) is 11.9 Å². The first-order valence-corrected chi connectivity index (χ1v) is 7.45. The Kier molecular flexibility index (Phi) is 4.11. The molecule has 0 unspecified atom stereocenters. The van der Waals surface area contributed by atoms with Crippen molar-refractivity contribution in [1.29, 1.82) is 0 Å². The van der Waals surface area contributed by atoms with Gasteiger partial charge in [-0.1, -0.05) is 12.1 Å². The molecule has 2 aliphatic heterocycles. The predicted molar refractivity (Wildman–Crippen MR) is 75.8 cm³/mol. The lowest BCUT2D eigenvalue weighted by Crippen LogP contribution is -2.37. The summed E-state index contributed by atoms with van der Waals surface area (Å²) in [6, 6.07) is 5.82. The third-order valence-corrected chi connectivity index (χ3v) is 4.45. The second-order valence-electron chi connectivity index (χ2n) is 5.85. The van der Waals surface area contributed by atoms with E-state index in [-0.39, 0.29) is 24.2 Å². The molecular weight excluding hydrogens is 289 g/mol. The topological polar surface area (TPSA) is 66.8 Å². The maximum Gasteiger partial charge on any atom is 0.308 e. The summed E-state index contributed by atoms with van der Waals surface area (Å²) in [7, 11) is 0. The minimum atomic E-state index is -0.933. The first-order valence-electron chi connectivity index (χ1n) is 7.45. The normalized spacial score (nSPS) is 28.0. The van der Waals surface area contributed by atoms with Crippen molar-refractivity contribution in [3.05, 3.63) is 35.6 Å². The molecule has 118 valence electrons. The average molecular weight is 307 g/mol. The Morgan fingerprint density at radius 2 is 1.95 bits per heavy atom. The molecule has 22 heavy (non-hydrogen) atoms. The van der Waals surface area contributed by atoms with Crippen LogP contribution in [0.1, 0.15) is 24.3 Å². The molecule has 2 saturated heterocycles. The van der Waals surface area contributed by atoms with Crippen LogP contribution >= 0.6 is 0 Å². The van der Waals surface area contributed by atoms with Gasteiger partial charge in [0, 0.05) is 25.6 Å². The number of aliphatic carboxylic acids is 1. The van der Waals surface area contributed by atoms with Gasteiger partial charge in [-0.15, -0.1) is 0 Å². The second-order valence-corrected chi connectivity index (χ2v) is 5.85. The van der Waals surface area contributed by atoms with Gasteiger partial charge >= 0.3 is 5.97 Å². The molecule has 1 N–H and O–H groups in total. The number of hydrogen-bond acceptors (Lipinski definition) is 3. The number of carboxylic acids is 1. The summed E-state index contributed by atoms with van der Waals surface area (Å²) in [6.45, 7) is 1.09. The second kappa shape index (κ2) is 6.04. The minimum absolute atomic E-state index is 0.131. The van der Waals surface area contributed by atoms with Crippen LogP contribution in [0.3, 0.4) is 0 Å². The number of carboxylic acid groups (broad SMARTS) is 1. The third-order valence-electron chi connectivity index (χ3n) is 4.45. The Bertz CT molecular complexity index is 568. The van der Waals surface area contributed by atoms with Crippen molar-refractivity contribution >= 4 is 11.9 Å². The van der Waals surface area contributed by atoms with E-state index < -0.39 is 18.0 Å². The fourth-order valence-corrected chi connectivity index (χ4v) is 3.26. The van der Waals surface area contributed by atoms with E-state index in [9.17, 15) is 19.1 Å². The zero-order valence-corrected chi connectivity index (χ0v) is 12.1. The van der Waals surface area contributed by atoms with E-state index in [1.54, 1.807) is 17.0 Å². The average Bonchev–Trinajstić information content (AvgIpc) is 3.17. The monoisotopic (exact) mass is 307 g/mol. The van der Waals surface area contributed by atoms with Crippen molar-refractivity contribution in [1.82, 2.24) is 4.90 Å². The van der Waals surface area contributed by atoms with Crippen LogP contribution in [0.5, 0.6) is 0 Å². The number of carbonyl (C=O) groups excluding carboxylic acids is 1. The predicted octanol–water partition coefficient (Wildman–Crippen LogP) is 1.63. The maximum absolute atomic E-state index is 13.0. The standard InChI is InChI=1S/C16H18FNO4/c17-11-5-3-10(4-6-11)12-8-18(9-13(12)16(20)21)15(19)14-2-1-7-22-14/h3-6,12-14H,1-2,7-9H2,(H,20,21)/t12-,13+,14-/m1/s1. The molecule has 5 nitrogen and oxygen atoms in total. The molecule has 0 bridgehead atoms. The smallest absolute Gasteiger partial charge is 0.308 e. The number of halogens is 1. The van der Waals surface area contributed by atoms with Crippen LogP contribution in [-0.4, -0.2) is 47.7 Å². The molecule has 1 amide bonds. The van der Waals surface area contributed by atoms with Crippen molar-refractivity contribution in [2.45, 2.75) is 24.9 Å². The number of likely N-dealkylation sites (tertiary alicyclic amines) is 1. The lowest BCUT2D eigenvalue weighted by molar-refractivity contribution is -0.143. The van der Waals surface area contributed by atoms with Crippen LogP contribution < -0.4 is 0 Å². The number of ether oxygens (including phenoxy) is 1. The summed E-state index contributed by atoms with van der Waals surface area (Å²) in [5.74, 6) is -2.41. The van der Waals surface area contributed by atoms with Crippen molar-refractivity contribution < 1.29 is 23.8 Å². The van der Waals surface area contributed by atoms with Gasteiger partial charge in [-0.05, 0) is 30.5 Å². The van der Waals surface area contributed by atoms with Gasteiger partial charge in [0.05, 0.1) is 5.92 Å². The van der Waals surface area contributed by atoms with Gasteiger partial charge in [-0.25, -0.2) is 4.39 Å². The Balaban J connectivity index is 1.78. The highest BCUT2D eigenvalue weighted by molar-refractivity contribution is 5.83. The molecule has 0 radical (unpaired) electrons. The van der Waals surface area contributed by atoms with Gasteiger partial charge < -0.3 is 14.7 Å². The summed E-state index contributed by atoms with van der Waals surface area (Å²) in [6.07, 6.45) is 1.10. The molecule has 1 aromatic carbocycles. The van der Waals surface area contributed by atoms with Crippen LogP contribution in [0, 0.1) is 11.7 Å². The largest absolute Gasteiger partial charge is 0.481 e. The highest BCUT2D eigenvalue weighted by Gasteiger charge is 2.42. The molecule has 1 aromatic rings. The number of hydrogen-bond donors (Lipinski definition) is 1. The Labute approximate surface area is 127 Å². The van der Waals surface area contributed by atoms with E-state index in [1.165, 1.54) is 12.1 Å². The molecule has 0 spiro atoms. The molecule has 3 rings (SSSR count). The van der Waals surface area contributed by atoms with Gasteiger partial charge in [0.2, 0.25) is 0 Å². The summed E-state index contributed by atoms with van der Waals surface area (Å²) >= 11 is 0. The molecule has 0 aliphatic carbocycles. The van der Waals surface area contributed by atoms with Gasteiger partial charge in [0.15, 0.2) is 0 Å². The molecule has 2 fully saturated rings.